The first-order valence-electron chi connectivity index (χ1n) is 4.24. The fourth-order valence-corrected chi connectivity index (χ4v) is 2.86. The molecule has 2 heteroatoms. The lowest BCUT2D eigenvalue weighted by atomic mass is 9.80. The zero-order valence-electron chi connectivity index (χ0n) is 7.40. The van der Waals surface area contributed by atoms with Crippen LogP contribution in [-0.4, -0.2) is 10.8 Å². The molecule has 0 N–H and O–H groups in total. The second-order valence-electron chi connectivity index (χ2n) is 4.15. The van der Waals surface area contributed by atoms with Gasteiger partial charge in [-0.1, -0.05) is 13.8 Å². The lowest BCUT2D eigenvalue weighted by Gasteiger charge is -2.31. The van der Waals surface area contributed by atoms with E-state index in [1.165, 1.54) is 6.42 Å². The topological polar surface area (TPSA) is 0 Å². The molecule has 66 valence electrons. The van der Waals surface area contributed by atoms with Gasteiger partial charge < -0.3 is 0 Å². The van der Waals surface area contributed by atoms with Crippen molar-refractivity contribution in [3.63, 3.8) is 0 Å². The Bertz CT molecular complexity index is 140. The standard InChI is InChI=1S/C9H16Cl2/c1-6(10)7-4-5-8(11)9(7,2)3/h6-8H,4-5H2,1-3H3/t6?,7-,8+/m1/s1. The van der Waals surface area contributed by atoms with E-state index in [0.717, 1.165) is 6.42 Å². The molecule has 3 atom stereocenters. The fourth-order valence-electron chi connectivity index (χ4n) is 2.12. The minimum atomic E-state index is 0.225. The summed E-state index contributed by atoms with van der Waals surface area (Å²) in [6, 6.07) is 0. The van der Waals surface area contributed by atoms with Gasteiger partial charge in [-0.25, -0.2) is 0 Å². The minimum absolute atomic E-state index is 0.225. The first-order chi connectivity index (χ1) is 4.96. The molecule has 0 spiro atoms. The first kappa shape index (κ1) is 9.67. The number of halogens is 2. The van der Waals surface area contributed by atoms with E-state index in [-0.39, 0.29) is 10.8 Å². The van der Waals surface area contributed by atoms with Gasteiger partial charge >= 0.3 is 0 Å². The summed E-state index contributed by atoms with van der Waals surface area (Å²) in [7, 11) is 0. The van der Waals surface area contributed by atoms with E-state index in [4.69, 9.17) is 23.2 Å². The van der Waals surface area contributed by atoms with Crippen LogP contribution < -0.4 is 0 Å². The Morgan fingerprint density at radius 3 is 2.09 bits per heavy atom. The van der Waals surface area contributed by atoms with Crippen LogP contribution in [0.15, 0.2) is 0 Å². The van der Waals surface area contributed by atoms with Crippen LogP contribution in [0, 0.1) is 11.3 Å². The van der Waals surface area contributed by atoms with Gasteiger partial charge in [-0.05, 0) is 31.1 Å². The highest BCUT2D eigenvalue weighted by atomic mass is 35.5. The van der Waals surface area contributed by atoms with Gasteiger partial charge in [-0.3, -0.25) is 0 Å². The summed E-state index contributed by atoms with van der Waals surface area (Å²) in [4.78, 5) is 0. The molecule has 1 unspecified atom stereocenters. The van der Waals surface area contributed by atoms with Crippen LogP contribution in [0.4, 0.5) is 0 Å². The summed E-state index contributed by atoms with van der Waals surface area (Å²) < 4.78 is 0. The van der Waals surface area contributed by atoms with E-state index in [9.17, 15) is 0 Å². The van der Waals surface area contributed by atoms with E-state index in [2.05, 4.69) is 20.8 Å². The lowest BCUT2D eigenvalue weighted by molar-refractivity contribution is 0.261. The summed E-state index contributed by atoms with van der Waals surface area (Å²) >= 11 is 12.3. The summed E-state index contributed by atoms with van der Waals surface area (Å²) in [5.41, 5.74) is 0.225. The quantitative estimate of drug-likeness (QED) is 0.560. The van der Waals surface area contributed by atoms with Crippen molar-refractivity contribution in [2.45, 2.75) is 44.4 Å². The molecule has 0 aromatic heterocycles. The molecule has 0 aliphatic heterocycles. The molecule has 1 aliphatic rings. The van der Waals surface area contributed by atoms with Crippen molar-refractivity contribution in [3.8, 4) is 0 Å². The largest absolute Gasteiger partial charge is 0.123 e. The SMILES string of the molecule is CC(Cl)[C@H]1CC[C@H](Cl)C1(C)C. The molecule has 11 heavy (non-hydrogen) atoms. The zero-order valence-corrected chi connectivity index (χ0v) is 8.91. The predicted octanol–water partition coefficient (Wildman–Crippen LogP) is 3.66. The smallest absolute Gasteiger partial charge is 0.0390 e. The fraction of sp³-hybridized carbons (Fsp3) is 1.00. The summed E-state index contributed by atoms with van der Waals surface area (Å²) in [5.74, 6) is 0.590. The first-order valence-corrected chi connectivity index (χ1v) is 5.11. The van der Waals surface area contributed by atoms with Crippen molar-refractivity contribution >= 4 is 23.2 Å². The van der Waals surface area contributed by atoms with Crippen LogP contribution in [0.3, 0.4) is 0 Å². The Morgan fingerprint density at radius 1 is 1.36 bits per heavy atom. The molecule has 0 heterocycles. The Morgan fingerprint density at radius 2 is 1.91 bits per heavy atom. The summed E-state index contributed by atoms with van der Waals surface area (Å²) in [6.07, 6.45) is 2.31. The minimum Gasteiger partial charge on any atom is -0.123 e. The zero-order chi connectivity index (χ0) is 8.65. The normalized spacial score (nSPS) is 39.0. The van der Waals surface area contributed by atoms with Gasteiger partial charge in [0.15, 0.2) is 0 Å². The number of alkyl halides is 2. The average molecular weight is 195 g/mol. The van der Waals surface area contributed by atoms with E-state index < -0.39 is 0 Å². The number of hydrogen-bond acceptors (Lipinski definition) is 0. The lowest BCUT2D eigenvalue weighted by Crippen LogP contribution is -2.30. The monoisotopic (exact) mass is 194 g/mol. The Kier molecular flexibility index (Phi) is 2.76. The molecule has 0 nitrogen and oxygen atoms in total. The highest BCUT2D eigenvalue weighted by Gasteiger charge is 2.43. The average Bonchev–Trinajstić information content (AvgIpc) is 2.08. The molecule has 0 radical (unpaired) electrons. The molecule has 0 aromatic rings. The van der Waals surface area contributed by atoms with Crippen molar-refractivity contribution in [3.05, 3.63) is 0 Å². The maximum Gasteiger partial charge on any atom is 0.0390 e. The van der Waals surface area contributed by atoms with Gasteiger partial charge in [0.05, 0.1) is 0 Å². The van der Waals surface area contributed by atoms with Crippen LogP contribution in [-0.2, 0) is 0 Å². The highest BCUT2D eigenvalue weighted by molar-refractivity contribution is 6.22. The van der Waals surface area contributed by atoms with Gasteiger partial charge in [0, 0.05) is 10.8 Å². The molecule has 1 fully saturated rings. The van der Waals surface area contributed by atoms with Crippen molar-refractivity contribution in [2.24, 2.45) is 11.3 Å². The molecular weight excluding hydrogens is 179 g/mol. The Hall–Kier alpha value is 0.580. The van der Waals surface area contributed by atoms with E-state index in [1.54, 1.807) is 0 Å². The molecule has 0 amide bonds. The van der Waals surface area contributed by atoms with Crippen LogP contribution in [0.5, 0.6) is 0 Å². The van der Waals surface area contributed by atoms with Crippen molar-refractivity contribution in [2.75, 3.05) is 0 Å². The highest BCUT2D eigenvalue weighted by Crippen LogP contribution is 2.48. The van der Waals surface area contributed by atoms with Crippen LogP contribution in [0.2, 0.25) is 0 Å². The molecule has 1 saturated carbocycles. The van der Waals surface area contributed by atoms with Crippen molar-refractivity contribution in [1.29, 1.82) is 0 Å². The molecule has 1 rings (SSSR count). The van der Waals surface area contributed by atoms with E-state index >= 15 is 0 Å². The van der Waals surface area contributed by atoms with E-state index in [0.29, 0.717) is 11.3 Å². The number of rotatable bonds is 1. The second kappa shape index (κ2) is 3.14. The van der Waals surface area contributed by atoms with Gasteiger partial charge in [0.1, 0.15) is 0 Å². The number of hydrogen-bond donors (Lipinski definition) is 0. The van der Waals surface area contributed by atoms with Gasteiger partial charge in [-0.15, -0.1) is 23.2 Å². The Labute approximate surface area is 79.3 Å². The van der Waals surface area contributed by atoms with Gasteiger partial charge in [0.25, 0.3) is 0 Å². The summed E-state index contributed by atoms with van der Waals surface area (Å²) in [6.45, 7) is 6.52. The van der Waals surface area contributed by atoms with Crippen molar-refractivity contribution in [1.82, 2.24) is 0 Å². The third kappa shape index (κ3) is 1.67. The second-order valence-corrected chi connectivity index (χ2v) is 5.37. The Balaban J connectivity index is 2.70. The third-order valence-electron chi connectivity index (χ3n) is 3.05. The molecule has 0 aromatic carbocycles. The third-order valence-corrected chi connectivity index (χ3v) is 4.13. The van der Waals surface area contributed by atoms with Crippen molar-refractivity contribution < 1.29 is 0 Å². The molecule has 0 bridgehead atoms. The van der Waals surface area contributed by atoms with Gasteiger partial charge in [-0.2, -0.15) is 0 Å². The maximum atomic E-state index is 6.18. The maximum absolute atomic E-state index is 6.18. The van der Waals surface area contributed by atoms with Crippen LogP contribution in [0.1, 0.15) is 33.6 Å². The van der Waals surface area contributed by atoms with Crippen LogP contribution >= 0.6 is 23.2 Å². The predicted molar refractivity (Wildman–Crippen MR) is 51.5 cm³/mol. The molecular formula is C9H16Cl2. The van der Waals surface area contributed by atoms with E-state index in [1.807, 2.05) is 0 Å². The molecule has 0 saturated heterocycles. The molecule has 1 aliphatic carbocycles. The summed E-state index contributed by atoms with van der Waals surface area (Å²) in [5, 5.41) is 0.572. The van der Waals surface area contributed by atoms with Crippen LogP contribution in [0.25, 0.3) is 0 Å². The van der Waals surface area contributed by atoms with Gasteiger partial charge in [0.2, 0.25) is 0 Å².